The predicted molar refractivity (Wildman–Crippen MR) is 150 cm³/mol. The molecular formula is C33H52O7. The Morgan fingerprint density at radius 2 is 1.60 bits per heavy atom. The van der Waals surface area contributed by atoms with Crippen LogP contribution in [0.4, 0.5) is 0 Å². The third-order valence-corrected chi connectivity index (χ3v) is 12.2. The van der Waals surface area contributed by atoms with Crippen LogP contribution in [0.1, 0.15) is 114 Å². The Morgan fingerprint density at radius 3 is 2.27 bits per heavy atom. The van der Waals surface area contributed by atoms with Crippen LogP contribution in [0.2, 0.25) is 0 Å². The summed E-state index contributed by atoms with van der Waals surface area (Å²) in [5.41, 5.74) is -2.28. The van der Waals surface area contributed by atoms with E-state index in [1.165, 1.54) is 0 Å². The standard InChI is InChI=1S/C33H52O7/c1-27(2,35)13-12-26-32(9,40-29(5,6)39-26)25-11-15-33(36)20-16-22(34)21-17-23-24(38-28(3,4)37-23)18-30(21,7)19(20)10-14-31(25,33)8/h16,19,21,23-26,35-36H,10-15,17-18H2,1-9H3/t19?,21?,23?,24?,25?,26?,30-,31-,32-,33-/m1/s1. The molecule has 2 aliphatic heterocycles. The second-order valence-electron chi connectivity index (χ2n) is 16.3. The number of rotatable bonds is 4. The Labute approximate surface area is 240 Å². The topological polar surface area (TPSA) is 94.5 Å². The zero-order chi connectivity index (χ0) is 29.3. The summed E-state index contributed by atoms with van der Waals surface area (Å²) in [6, 6.07) is 0. The van der Waals surface area contributed by atoms with Gasteiger partial charge in [-0.1, -0.05) is 13.8 Å². The lowest BCUT2D eigenvalue weighted by molar-refractivity contribution is -0.190. The monoisotopic (exact) mass is 560 g/mol. The SMILES string of the molecule is CC(C)(O)CCC1OC(C)(C)O[C@]1(C)C1CC[C@@]2(O)C3=CC(=O)C4CC5OC(C)(C)OC5C[C@]4(C)C3CC[C@]12C. The van der Waals surface area contributed by atoms with Gasteiger partial charge in [0.2, 0.25) is 0 Å². The fourth-order valence-corrected chi connectivity index (χ4v) is 10.5. The highest BCUT2D eigenvalue weighted by atomic mass is 16.8. The lowest BCUT2D eigenvalue weighted by Crippen LogP contribution is -2.62. The van der Waals surface area contributed by atoms with Crippen molar-refractivity contribution >= 4 is 5.78 Å². The van der Waals surface area contributed by atoms with Gasteiger partial charge in [-0.25, -0.2) is 0 Å². The van der Waals surface area contributed by atoms with E-state index in [9.17, 15) is 15.0 Å². The number of fused-ring (bicyclic) bond motifs is 6. The molecule has 40 heavy (non-hydrogen) atoms. The summed E-state index contributed by atoms with van der Waals surface area (Å²) in [7, 11) is 0. The number of allylic oxidation sites excluding steroid dienone is 1. The molecule has 0 aromatic rings. The molecule has 0 amide bonds. The van der Waals surface area contributed by atoms with Gasteiger partial charge in [-0.2, -0.15) is 0 Å². The molecule has 6 rings (SSSR count). The van der Waals surface area contributed by atoms with E-state index in [1.807, 2.05) is 47.6 Å². The van der Waals surface area contributed by atoms with Crippen LogP contribution in [-0.2, 0) is 23.7 Å². The minimum Gasteiger partial charge on any atom is -0.390 e. The van der Waals surface area contributed by atoms with Crippen LogP contribution in [0.15, 0.2) is 11.6 Å². The maximum Gasteiger partial charge on any atom is 0.164 e. The highest BCUT2D eigenvalue weighted by molar-refractivity contribution is 5.95. The average molecular weight is 561 g/mol. The summed E-state index contributed by atoms with van der Waals surface area (Å²) in [6.45, 7) is 18.2. The van der Waals surface area contributed by atoms with Gasteiger partial charge in [0.15, 0.2) is 17.4 Å². The van der Waals surface area contributed by atoms with E-state index < -0.39 is 33.8 Å². The van der Waals surface area contributed by atoms with Crippen molar-refractivity contribution in [2.24, 2.45) is 28.6 Å². The first kappa shape index (κ1) is 29.3. The minimum absolute atomic E-state index is 0.0237. The number of carbonyl (C=O) groups is 1. The van der Waals surface area contributed by atoms with E-state index in [-0.39, 0.29) is 47.3 Å². The summed E-state index contributed by atoms with van der Waals surface area (Å²) >= 11 is 0. The molecule has 2 heterocycles. The zero-order valence-corrected chi connectivity index (χ0v) is 26.1. The summed E-state index contributed by atoms with van der Waals surface area (Å²) in [4.78, 5) is 13.8. The van der Waals surface area contributed by atoms with Crippen LogP contribution < -0.4 is 0 Å². The molecule has 10 atom stereocenters. The van der Waals surface area contributed by atoms with Gasteiger partial charge in [0, 0.05) is 11.3 Å². The normalized spacial score (nSPS) is 51.1. The Kier molecular flexibility index (Phi) is 6.31. The number of hydrogen-bond acceptors (Lipinski definition) is 7. The Morgan fingerprint density at radius 1 is 0.925 bits per heavy atom. The number of aliphatic hydroxyl groups is 2. The Balaban J connectivity index is 1.33. The third kappa shape index (κ3) is 4.16. The first-order chi connectivity index (χ1) is 18.2. The molecule has 4 aliphatic carbocycles. The molecule has 0 radical (unpaired) electrons. The van der Waals surface area contributed by atoms with Crippen LogP contribution in [-0.4, -0.2) is 62.7 Å². The van der Waals surface area contributed by atoms with Gasteiger partial charge in [0.1, 0.15) is 0 Å². The summed E-state index contributed by atoms with van der Waals surface area (Å²) in [5, 5.41) is 23.3. The average Bonchev–Trinajstić information content (AvgIpc) is 3.34. The lowest BCUT2D eigenvalue weighted by atomic mass is 9.45. The maximum atomic E-state index is 13.8. The number of ketones is 1. The zero-order valence-electron chi connectivity index (χ0n) is 26.1. The molecule has 0 spiro atoms. The maximum absolute atomic E-state index is 13.8. The van der Waals surface area contributed by atoms with Gasteiger partial charge in [0.25, 0.3) is 0 Å². The molecule has 6 aliphatic rings. The molecule has 6 unspecified atom stereocenters. The van der Waals surface area contributed by atoms with Gasteiger partial charge in [-0.3, -0.25) is 4.79 Å². The second-order valence-corrected chi connectivity index (χ2v) is 16.3. The van der Waals surface area contributed by atoms with Crippen LogP contribution >= 0.6 is 0 Å². The molecule has 0 aromatic carbocycles. The quantitative estimate of drug-likeness (QED) is 0.472. The highest BCUT2D eigenvalue weighted by Crippen LogP contribution is 2.70. The summed E-state index contributed by atoms with van der Waals surface area (Å²) in [6.07, 6.45) is 7.51. The van der Waals surface area contributed by atoms with E-state index in [4.69, 9.17) is 18.9 Å². The smallest absolute Gasteiger partial charge is 0.164 e. The van der Waals surface area contributed by atoms with Crippen molar-refractivity contribution in [3.63, 3.8) is 0 Å². The highest BCUT2D eigenvalue weighted by Gasteiger charge is 2.71. The molecule has 2 saturated heterocycles. The molecular weight excluding hydrogens is 508 g/mol. The molecule has 2 N–H and O–H groups in total. The molecule has 0 aromatic heterocycles. The van der Waals surface area contributed by atoms with Gasteiger partial charge in [-0.15, -0.1) is 0 Å². The molecule has 5 fully saturated rings. The van der Waals surface area contributed by atoms with Crippen molar-refractivity contribution in [3.05, 3.63) is 11.6 Å². The van der Waals surface area contributed by atoms with Gasteiger partial charge >= 0.3 is 0 Å². The first-order valence-corrected chi connectivity index (χ1v) is 15.7. The van der Waals surface area contributed by atoms with E-state index in [1.54, 1.807) is 0 Å². The predicted octanol–water partition coefficient (Wildman–Crippen LogP) is 5.45. The van der Waals surface area contributed by atoms with E-state index in [2.05, 4.69) is 20.8 Å². The van der Waals surface area contributed by atoms with Crippen molar-refractivity contribution in [2.75, 3.05) is 0 Å². The van der Waals surface area contributed by atoms with Crippen molar-refractivity contribution < 1.29 is 34.0 Å². The Hall–Kier alpha value is -0.830. The van der Waals surface area contributed by atoms with E-state index >= 15 is 0 Å². The number of hydrogen-bond donors (Lipinski definition) is 2. The van der Waals surface area contributed by atoms with Crippen LogP contribution in [0.5, 0.6) is 0 Å². The summed E-state index contributed by atoms with van der Waals surface area (Å²) < 4.78 is 25.8. The van der Waals surface area contributed by atoms with Gasteiger partial charge < -0.3 is 29.2 Å². The van der Waals surface area contributed by atoms with Crippen molar-refractivity contribution in [1.82, 2.24) is 0 Å². The molecule has 7 heteroatoms. The fraction of sp³-hybridized carbons (Fsp3) is 0.909. The van der Waals surface area contributed by atoms with E-state index in [0.29, 0.717) is 25.7 Å². The lowest BCUT2D eigenvalue weighted by Gasteiger charge is -2.60. The first-order valence-electron chi connectivity index (χ1n) is 15.7. The number of carbonyl (C=O) groups excluding carboxylic acids is 1. The van der Waals surface area contributed by atoms with Crippen LogP contribution in [0.3, 0.4) is 0 Å². The minimum atomic E-state index is -1.08. The number of ether oxygens (including phenoxy) is 4. The van der Waals surface area contributed by atoms with Gasteiger partial charge in [-0.05, 0) is 129 Å². The second kappa shape index (κ2) is 8.63. The summed E-state index contributed by atoms with van der Waals surface area (Å²) in [5.74, 6) is -1.17. The molecule has 7 nitrogen and oxygen atoms in total. The Bertz CT molecular complexity index is 1100. The third-order valence-electron chi connectivity index (χ3n) is 12.2. The van der Waals surface area contributed by atoms with E-state index in [0.717, 1.165) is 31.3 Å². The molecule has 3 saturated carbocycles. The van der Waals surface area contributed by atoms with Crippen LogP contribution in [0.25, 0.3) is 0 Å². The molecule has 226 valence electrons. The van der Waals surface area contributed by atoms with Crippen molar-refractivity contribution in [1.29, 1.82) is 0 Å². The van der Waals surface area contributed by atoms with Crippen molar-refractivity contribution in [3.8, 4) is 0 Å². The fourth-order valence-electron chi connectivity index (χ4n) is 10.5. The van der Waals surface area contributed by atoms with Crippen LogP contribution in [0, 0.1) is 28.6 Å². The van der Waals surface area contributed by atoms with Crippen molar-refractivity contribution in [2.45, 2.75) is 160 Å². The van der Waals surface area contributed by atoms with Gasteiger partial charge in [0.05, 0.1) is 35.1 Å². The largest absolute Gasteiger partial charge is 0.390 e. The molecule has 0 bridgehead atoms.